The van der Waals surface area contributed by atoms with E-state index in [1.165, 1.54) is 0 Å². The zero-order valence-electron chi connectivity index (χ0n) is 10.5. The normalized spacial score (nSPS) is 16.8. The summed E-state index contributed by atoms with van der Waals surface area (Å²) < 4.78 is 0.987. The van der Waals surface area contributed by atoms with Gasteiger partial charge in [0.2, 0.25) is 0 Å². The topological polar surface area (TPSA) is 60.9 Å². The minimum atomic E-state index is 0.891. The molecule has 0 unspecified atom stereocenters. The molecular formula is C12H15IN6. The molecule has 1 aliphatic heterocycles. The summed E-state index contributed by atoms with van der Waals surface area (Å²) in [4.78, 5) is 20.6. The summed E-state index contributed by atoms with van der Waals surface area (Å²) in [6.45, 7) is 4.94. The third-order valence-electron chi connectivity index (χ3n) is 3.24. The number of imidazole rings is 1. The first kappa shape index (κ1) is 12.8. The third kappa shape index (κ3) is 3.21. The van der Waals surface area contributed by atoms with Crippen molar-refractivity contribution in [1.29, 1.82) is 0 Å². The maximum Gasteiger partial charge on any atom is 0.133 e. The molecule has 0 radical (unpaired) electrons. The van der Waals surface area contributed by atoms with Crippen molar-refractivity contribution >= 4 is 28.4 Å². The van der Waals surface area contributed by atoms with Gasteiger partial charge in [-0.15, -0.1) is 0 Å². The lowest BCUT2D eigenvalue weighted by Crippen LogP contribution is -2.46. The van der Waals surface area contributed by atoms with Crippen LogP contribution < -0.4 is 4.90 Å². The van der Waals surface area contributed by atoms with Gasteiger partial charge >= 0.3 is 0 Å². The molecule has 100 valence electrons. The van der Waals surface area contributed by atoms with Gasteiger partial charge in [-0.25, -0.2) is 15.0 Å². The maximum absolute atomic E-state index is 4.34. The van der Waals surface area contributed by atoms with Gasteiger partial charge in [-0.2, -0.15) is 0 Å². The predicted octanol–water partition coefficient (Wildman–Crippen LogP) is 1.13. The van der Waals surface area contributed by atoms with Gasteiger partial charge in [-0.05, 0) is 22.6 Å². The summed E-state index contributed by atoms with van der Waals surface area (Å²) in [5.41, 5.74) is 0. The molecule has 7 heteroatoms. The second kappa shape index (κ2) is 5.83. The number of H-pyrrole nitrogens is 1. The van der Waals surface area contributed by atoms with Gasteiger partial charge in [0.05, 0.1) is 6.54 Å². The van der Waals surface area contributed by atoms with E-state index in [0.717, 1.165) is 48.1 Å². The fourth-order valence-corrected chi connectivity index (χ4v) is 2.63. The van der Waals surface area contributed by atoms with Crippen molar-refractivity contribution in [2.24, 2.45) is 0 Å². The number of hydrogen-bond donors (Lipinski definition) is 1. The largest absolute Gasteiger partial charge is 0.354 e. The minimum Gasteiger partial charge on any atom is -0.354 e. The summed E-state index contributed by atoms with van der Waals surface area (Å²) in [5.74, 6) is 2.06. The summed E-state index contributed by atoms with van der Waals surface area (Å²) in [6, 6.07) is 2.03. The number of aromatic nitrogens is 4. The molecule has 19 heavy (non-hydrogen) atoms. The van der Waals surface area contributed by atoms with E-state index in [-0.39, 0.29) is 0 Å². The van der Waals surface area contributed by atoms with Crippen LogP contribution in [0.5, 0.6) is 0 Å². The molecule has 2 aromatic rings. The zero-order valence-corrected chi connectivity index (χ0v) is 12.6. The monoisotopic (exact) mass is 370 g/mol. The molecule has 3 heterocycles. The van der Waals surface area contributed by atoms with Crippen molar-refractivity contribution in [2.75, 3.05) is 31.1 Å². The number of hydrogen-bond acceptors (Lipinski definition) is 5. The molecule has 0 spiro atoms. The Morgan fingerprint density at radius 1 is 1.16 bits per heavy atom. The molecule has 0 bridgehead atoms. The third-order valence-corrected chi connectivity index (χ3v) is 3.83. The van der Waals surface area contributed by atoms with Gasteiger partial charge in [-0.1, -0.05) is 0 Å². The first-order valence-corrected chi connectivity index (χ1v) is 7.32. The van der Waals surface area contributed by atoms with Crippen LogP contribution in [-0.4, -0.2) is 51.0 Å². The first-order valence-electron chi connectivity index (χ1n) is 6.24. The van der Waals surface area contributed by atoms with Crippen LogP contribution in [0, 0.1) is 3.70 Å². The van der Waals surface area contributed by atoms with E-state index in [1.54, 1.807) is 12.5 Å². The minimum absolute atomic E-state index is 0.891. The average Bonchev–Trinajstić information content (AvgIpc) is 2.92. The molecule has 0 atom stereocenters. The van der Waals surface area contributed by atoms with Crippen molar-refractivity contribution in [3.05, 3.63) is 34.3 Å². The summed E-state index contributed by atoms with van der Waals surface area (Å²) >= 11 is 2.22. The van der Waals surface area contributed by atoms with E-state index in [1.807, 2.05) is 12.3 Å². The predicted molar refractivity (Wildman–Crippen MR) is 80.8 cm³/mol. The molecule has 3 rings (SSSR count). The zero-order chi connectivity index (χ0) is 13.1. The molecule has 1 N–H and O–H groups in total. The number of rotatable bonds is 3. The summed E-state index contributed by atoms with van der Waals surface area (Å²) in [5, 5.41) is 0. The highest BCUT2D eigenvalue weighted by atomic mass is 127. The van der Waals surface area contributed by atoms with Gasteiger partial charge < -0.3 is 9.88 Å². The van der Waals surface area contributed by atoms with Crippen molar-refractivity contribution in [3.8, 4) is 0 Å². The molecule has 2 aromatic heterocycles. The van der Waals surface area contributed by atoms with Gasteiger partial charge in [0.1, 0.15) is 21.7 Å². The Morgan fingerprint density at radius 2 is 2.00 bits per heavy atom. The second-order valence-corrected chi connectivity index (χ2v) is 5.60. The van der Waals surface area contributed by atoms with Crippen LogP contribution in [0.25, 0.3) is 0 Å². The van der Waals surface area contributed by atoms with E-state index in [0.29, 0.717) is 0 Å². The molecular weight excluding hydrogens is 355 g/mol. The highest BCUT2D eigenvalue weighted by molar-refractivity contribution is 14.1. The lowest BCUT2D eigenvalue weighted by molar-refractivity contribution is 0.244. The lowest BCUT2D eigenvalue weighted by atomic mass is 10.3. The Bertz CT molecular complexity index is 521. The quantitative estimate of drug-likeness (QED) is 0.649. The summed E-state index contributed by atoms with van der Waals surface area (Å²) in [6.07, 6.45) is 5.30. The van der Waals surface area contributed by atoms with Crippen LogP contribution in [0.3, 0.4) is 0 Å². The Morgan fingerprint density at radius 3 is 2.68 bits per heavy atom. The molecule has 1 saturated heterocycles. The average molecular weight is 370 g/mol. The van der Waals surface area contributed by atoms with E-state index in [9.17, 15) is 0 Å². The van der Waals surface area contributed by atoms with Gasteiger partial charge in [0, 0.05) is 44.6 Å². The SMILES string of the molecule is Ic1cc(N2CCN(Cc3ncc[nH]3)CC2)ncn1. The van der Waals surface area contributed by atoms with Crippen molar-refractivity contribution in [1.82, 2.24) is 24.8 Å². The fourth-order valence-electron chi connectivity index (χ4n) is 2.23. The number of anilines is 1. The standard InChI is InChI=1S/C12H15IN6/c13-10-7-12(17-9-16-10)19-5-3-18(4-6-19)8-11-14-1-2-15-11/h1-2,7,9H,3-6,8H2,(H,14,15). The van der Waals surface area contributed by atoms with Crippen LogP contribution in [0.4, 0.5) is 5.82 Å². The highest BCUT2D eigenvalue weighted by Gasteiger charge is 2.18. The lowest BCUT2D eigenvalue weighted by Gasteiger charge is -2.34. The van der Waals surface area contributed by atoms with E-state index in [4.69, 9.17) is 0 Å². The Balaban J connectivity index is 1.57. The Hall–Kier alpha value is -1.22. The molecule has 6 nitrogen and oxygen atoms in total. The fraction of sp³-hybridized carbons (Fsp3) is 0.417. The smallest absolute Gasteiger partial charge is 0.133 e. The number of aromatic amines is 1. The van der Waals surface area contributed by atoms with Gasteiger partial charge in [0.25, 0.3) is 0 Å². The summed E-state index contributed by atoms with van der Waals surface area (Å²) in [7, 11) is 0. The number of piperazine rings is 1. The number of nitrogens with one attached hydrogen (secondary N) is 1. The van der Waals surface area contributed by atoms with Crippen LogP contribution in [-0.2, 0) is 6.54 Å². The highest BCUT2D eigenvalue weighted by Crippen LogP contribution is 2.15. The van der Waals surface area contributed by atoms with Crippen molar-refractivity contribution < 1.29 is 0 Å². The number of nitrogens with zero attached hydrogens (tertiary/aromatic N) is 5. The van der Waals surface area contributed by atoms with Crippen molar-refractivity contribution in [3.63, 3.8) is 0 Å². The first-order chi connectivity index (χ1) is 9.31. The second-order valence-electron chi connectivity index (χ2n) is 4.50. The van der Waals surface area contributed by atoms with Crippen LogP contribution in [0.2, 0.25) is 0 Å². The van der Waals surface area contributed by atoms with Crippen LogP contribution >= 0.6 is 22.6 Å². The molecule has 0 saturated carbocycles. The van der Waals surface area contributed by atoms with Crippen LogP contribution in [0.1, 0.15) is 5.82 Å². The molecule has 0 aromatic carbocycles. The molecule has 0 aliphatic carbocycles. The molecule has 1 fully saturated rings. The number of halogens is 1. The molecule has 1 aliphatic rings. The van der Waals surface area contributed by atoms with Crippen molar-refractivity contribution in [2.45, 2.75) is 6.54 Å². The maximum atomic E-state index is 4.34. The Labute approximate surface area is 125 Å². The van der Waals surface area contributed by atoms with Gasteiger partial charge in [0.15, 0.2) is 0 Å². The van der Waals surface area contributed by atoms with E-state index in [2.05, 4.69) is 52.3 Å². The van der Waals surface area contributed by atoms with Crippen LogP contribution in [0.15, 0.2) is 24.8 Å². The van der Waals surface area contributed by atoms with E-state index >= 15 is 0 Å². The Kier molecular flexibility index (Phi) is 3.92. The van der Waals surface area contributed by atoms with E-state index < -0.39 is 0 Å². The van der Waals surface area contributed by atoms with Gasteiger partial charge in [-0.3, -0.25) is 4.90 Å². The molecule has 0 amide bonds.